The van der Waals surface area contributed by atoms with Crippen LogP contribution in [0.15, 0.2) is 30.6 Å². The van der Waals surface area contributed by atoms with E-state index >= 15 is 0 Å². The first-order valence-corrected chi connectivity index (χ1v) is 10.4. The molecule has 2 aromatic heterocycles. The number of likely N-dealkylation sites (tertiary alicyclic amines) is 1. The minimum absolute atomic E-state index is 0.0255. The molecule has 4 heterocycles. The molecule has 2 saturated heterocycles. The van der Waals surface area contributed by atoms with Gasteiger partial charge < -0.3 is 20.3 Å². The van der Waals surface area contributed by atoms with Crippen LogP contribution in [0.25, 0.3) is 11.1 Å². The summed E-state index contributed by atoms with van der Waals surface area (Å²) >= 11 is 1.53. The Morgan fingerprint density at radius 1 is 1.18 bits per heavy atom. The third kappa shape index (κ3) is 3.88. The molecule has 148 valence electrons. The highest BCUT2D eigenvalue weighted by molar-refractivity contribution is 7.18. The molecule has 7 nitrogen and oxygen atoms in total. The van der Waals surface area contributed by atoms with E-state index in [4.69, 9.17) is 10.5 Å². The van der Waals surface area contributed by atoms with Crippen LogP contribution in [-0.4, -0.2) is 61.1 Å². The van der Waals surface area contributed by atoms with Gasteiger partial charge in [-0.25, -0.2) is 0 Å². The number of carbonyl (C=O) groups excluding carboxylic acids is 2. The summed E-state index contributed by atoms with van der Waals surface area (Å²) in [6, 6.07) is 5.91. The first-order valence-electron chi connectivity index (χ1n) is 9.59. The fourth-order valence-corrected chi connectivity index (χ4v) is 4.94. The highest BCUT2D eigenvalue weighted by Gasteiger charge is 2.29. The van der Waals surface area contributed by atoms with Crippen LogP contribution in [0.2, 0.25) is 0 Å². The number of hydrogen-bond acceptors (Lipinski definition) is 6. The zero-order valence-electron chi connectivity index (χ0n) is 15.7. The molecule has 0 saturated carbocycles. The molecule has 0 radical (unpaired) electrons. The Morgan fingerprint density at radius 3 is 2.57 bits per heavy atom. The van der Waals surface area contributed by atoms with E-state index in [1.807, 2.05) is 29.3 Å². The third-order valence-electron chi connectivity index (χ3n) is 5.38. The number of rotatable bonds is 4. The molecule has 0 bridgehead atoms. The Balaban J connectivity index is 1.60. The van der Waals surface area contributed by atoms with E-state index in [1.165, 1.54) is 11.3 Å². The zero-order valence-corrected chi connectivity index (χ0v) is 16.5. The maximum absolute atomic E-state index is 13.1. The third-order valence-corrected chi connectivity index (χ3v) is 6.56. The van der Waals surface area contributed by atoms with Crippen LogP contribution < -0.4 is 10.6 Å². The lowest BCUT2D eigenvalue weighted by atomic mass is 9.96. The zero-order chi connectivity index (χ0) is 19.5. The molecular formula is C20H24N4O3S. The van der Waals surface area contributed by atoms with Crippen molar-refractivity contribution in [1.29, 1.82) is 0 Å². The van der Waals surface area contributed by atoms with Gasteiger partial charge in [-0.1, -0.05) is 6.07 Å². The number of carbonyl (C=O) groups is 2. The van der Waals surface area contributed by atoms with Crippen molar-refractivity contribution in [2.24, 2.45) is 11.7 Å². The molecule has 0 unspecified atom stereocenters. The van der Waals surface area contributed by atoms with Gasteiger partial charge >= 0.3 is 0 Å². The lowest BCUT2D eigenvalue weighted by Crippen LogP contribution is -2.41. The largest absolute Gasteiger partial charge is 0.378 e. The van der Waals surface area contributed by atoms with Gasteiger partial charge in [0.2, 0.25) is 5.91 Å². The second-order valence-electron chi connectivity index (χ2n) is 7.14. The Bertz CT molecular complexity index is 840. The Hall–Kier alpha value is -2.45. The van der Waals surface area contributed by atoms with Gasteiger partial charge in [-0.2, -0.15) is 0 Å². The molecule has 0 aromatic carbocycles. The van der Waals surface area contributed by atoms with E-state index in [0.29, 0.717) is 39.1 Å². The molecule has 28 heavy (non-hydrogen) atoms. The summed E-state index contributed by atoms with van der Waals surface area (Å²) in [6.45, 7) is 4.14. The summed E-state index contributed by atoms with van der Waals surface area (Å²) in [5.74, 6) is -0.364. The van der Waals surface area contributed by atoms with Crippen LogP contribution in [0, 0.1) is 5.92 Å². The summed E-state index contributed by atoms with van der Waals surface area (Å²) in [5, 5.41) is 1.09. The molecule has 4 rings (SSSR count). The van der Waals surface area contributed by atoms with Crippen molar-refractivity contribution >= 4 is 28.2 Å². The van der Waals surface area contributed by atoms with Crippen LogP contribution in [0.4, 0.5) is 5.00 Å². The molecule has 2 aliphatic heterocycles. The monoisotopic (exact) mass is 400 g/mol. The molecule has 0 spiro atoms. The van der Waals surface area contributed by atoms with Gasteiger partial charge in [0.15, 0.2) is 0 Å². The summed E-state index contributed by atoms with van der Waals surface area (Å²) < 4.78 is 5.48. The average molecular weight is 401 g/mol. The number of thiophene rings is 1. The maximum Gasteiger partial charge on any atom is 0.264 e. The van der Waals surface area contributed by atoms with Crippen LogP contribution in [0.3, 0.4) is 0 Å². The summed E-state index contributed by atoms with van der Waals surface area (Å²) in [7, 11) is 0. The van der Waals surface area contributed by atoms with Gasteiger partial charge in [0, 0.05) is 55.6 Å². The predicted molar refractivity (Wildman–Crippen MR) is 108 cm³/mol. The summed E-state index contributed by atoms with van der Waals surface area (Å²) in [4.78, 5) is 33.6. The van der Waals surface area contributed by atoms with E-state index in [2.05, 4.69) is 9.88 Å². The predicted octanol–water partition coefficient (Wildman–Crippen LogP) is 1.98. The second kappa shape index (κ2) is 8.28. The number of nitrogens with zero attached hydrogens (tertiary/aromatic N) is 3. The van der Waals surface area contributed by atoms with Crippen molar-refractivity contribution in [3.63, 3.8) is 0 Å². The number of anilines is 1. The summed E-state index contributed by atoms with van der Waals surface area (Å²) in [6.07, 6.45) is 4.86. The first kappa shape index (κ1) is 18.9. The fraction of sp³-hybridized carbons (Fsp3) is 0.450. The second-order valence-corrected chi connectivity index (χ2v) is 8.17. The SMILES string of the molecule is NC(=O)C1CCN(C(=O)c2cc(-c3cccnc3)c(N3CCOCC3)s2)CC1. The van der Waals surface area contributed by atoms with E-state index in [0.717, 1.165) is 34.1 Å². The van der Waals surface area contributed by atoms with Crippen LogP contribution >= 0.6 is 11.3 Å². The number of primary amides is 1. The number of amides is 2. The van der Waals surface area contributed by atoms with Gasteiger partial charge in [0.05, 0.1) is 23.1 Å². The smallest absolute Gasteiger partial charge is 0.264 e. The molecule has 2 fully saturated rings. The average Bonchev–Trinajstić information content (AvgIpc) is 3.20. The lowest BCUT2D eigenvalue weighted by Gasteiger charge is -2.30. The van der Waals surface area contributed by atoms with Gasteiger partial charge in [-0.05, 0) is 25.0 Å². The van der Waals surface area contributed by atoms with Crippen molar-refractivity contribution in [2.75, 3.05) is 44.3 Å². The van der Waals surface area contributed by atoms with E-state index < -0.39 is 0 Å². The number of ether oxygens (including phenoxy) is 1. The molecule has 2 aliphatic rings. The Kier molecular flexibility index (Phi) is 5.59. The number of aromatic nitrogens is 1. The molecule has 0 atom stereocenters. The Morgan fingerprint density at radius 2 is 1.93 bits per heavy atom. The molecule has 8 heteroatoms. The van der Waals surface area contributed by atoms with Crippen molar-refractivity contribution in [1.82, 2.24) is 9.88 Å². The number of pyridine rings is 1. The molecule has 2 N–H and O–H groups in total. The molecule has 2 amide bonds. The van der Waals surface area contributed by atoms with Crippen molar-refractivity contribution in [3.05, 3.63) is 35.5 Å². The number of nitrogens with two attached hydrogens (primary N) is 1. The minimum atomic E-state index is -0.267. The molecular weight excluding hydrogens is 376 g/mol. The topological polar surface area (TPSA) is 88.8 Å². The number of hydrogen-bond donors (Lipinski definition) is 1. The normalized spacial score (nSPS) is 18.3. The van der Waals surface area contributed by atoms with E-state index in [-0.39, 0.29) is 17.7 Å². The fourth-order valence-electron chi connectivity index (χ4n) is 3.74. The minimum Gasteiger partial charge on any atom is -0.378 e. The maximum atomic E-state index is 13.1. The van der Waals surface area contributed by atoms with Crippen LogP contribution in [0.5, 0.6) is 0 Å². The van der Waals surface area contributed by atoms with Gasteiger partial charge in [0.25, 0.3) is 5.91 Å². The Labute approximate surface area is 168 Å². The summed E-state index contributed by atoms with van der Waals surface area (Å²) in [5.41, 5.74) is 7.45. The lowest BCUT2D eigenvalue weighted by molar-refractivity contribution is -0.123. The standard InChI is InChI=1S/C20H24N4O3S/c21-18(25)14-3-6-23(7-4-14)19(26)17-12-16(15-2-1-5-22-13-15)20(28-17)24-8-10-27-11-9-24/h1-2,5,12-14H,3-4,6-11H2,(H2,21,25). The van der Waals surface area contributed by atoms with E-state index in [1.54, 1.807) is 6.20 Å². The van der Waals surface area contributed by atoms with Gasteiger partial charge in [0.1, 0.15) is 0 Å². The van der Waals surface area contributed by atoms with Crippen molar-refractivity contribution in [2.45, 2.75) is 12.8 Å². The van der Waals surface area contributed by atoms with Crippen molar-refractivity contribution in [3.8, 4) is 11.1 Å². The number of piperidine rings is 1. The molecule has 0 aliphatic carbocycles. The van der Waals surface area contributed by atoms with Gasteiger partial charge in [-0.15, -0.1) is 11.3 Å². The van der Waals surface area contributed by atoms with Crippen LogP contribution in [0.1, 0.15) is 22.5 Å². The highest BCUT2D eigenvalue weighted by atomic mass is 32.1. The van der Waals surface area contributed by atoms with Gasteiger partial charge in [-0.3, -0.25) is 14.6 Å². The molecule has 2 aromatic rings. The van der Waals surface area contributed by atoms with Crippen LogP contribution in [-0.2, 0) is 9.53 Å². The van der Waals surface area contributed by atoms with E-state index in [9.17, 15) is 9.59 Å². The first-order chi connectivity index (χ1) is 13.6. The quantitative estimate of drug-likeness (QED) is 0.848. The van der Waals surface area contributed by atoms with Crippen molar-refractivity contribution < 1.29 is 14.3 Å². The highest BCUT2D eigenvalue weighted by Crippen LogP contribution is 2.40. The number of morpholine rings is 1.